The summed E-state index contributed by atoms with van der Waals surface area (Å²) in [5, 5.41) is 6.81. The number of nitrogens with zero attached hydrogens (tertiary/aromatic N) is 2. The SMILES string of the molecule is CCNC(=NCC1(c2ccc3c(c2)OCO3)CC1)NCCN(C)CCCOC.I. The minimum Gasteiger partial charge on any atom is -0.454 e. The van der Waals surface area contributed by atoms with Crippen molar-refractivity contribution in [2.45, 2.75) is 31.6 Å². The number of likely N-dealkylation sites (N-methyl/N-ethyl adjacent to an activating group) is 1. The summed E-state index contributed by atoms with van der Waals surface area (Å²) >= 11 is 0. The van der Waals surface area contributed by atoms with E-state index in [4.69, 9.17) is 19.2 Å². The normalized spacial score (nSPS) is 16.5. The lowest BCUT2D eigenvalue weighted by Crippen LogP contribution is -2.41. The summed E-state index contributed by atoms with van der Waals surface area (Å²) in [6.07, 6.45) is 3.38. The van der Waals surface area contributed by atoms with Crippen LogP contribution in [0.15, 0.2) is 23.2 Å². The Labute approximate surface area is 191 Å². The van der Waals surface area contributed by atoms with E-state index in [9.17, 15) is 0 Å². The predicted octanol–water partition coefficient (Wildman–Crippen LogP) is 2.59. The number of fused-ring (bicyclic) bond motifs is 1. The first-order chi connectivity index (χ1) is 13.7. The highest BCUT2D eigenvalue weighted by Crippen LogP contribution is 2.50. The van der Waals surface area contributed by atoms with Gasteiger partial charge in [-0.05, 0) is 50.9 Å². The molecule has 2 aliphatic rings. The fraction of sp³-hybridized carbons (Fsp3) is 0.667. The van der Waals surface area contributed by atoms with Gasteiger partial charge in [-0.15, -0.1) is 24.0 Å². The summed E-state index contributed by atoms with van der Waals surface area (Å²) in [6, 6.07) is 6.30. The molecule has 0 amide bonds. The number of ether oxygens (including phenoxy) is 3. The van der Waals surface area contributed by atoms with Crippen LogP contribution in [0, 0.1) is 0 Å². The molecule has 0 unspecified atom stereocenters. The molecule has 3 rings (SSSR count). The van der Waals surface area contributed by atoms with E-state index in [0.717, 1.165) is 76.1 Å². The van der Waals surface area contributed by atoms with Crippen LogP contribution in [-0.4, -0.2) is 71.1 Å². The number of hydrogen-bond acceptors (Lipinski definition) is 5. The molecule has 1 aliphatic heterocycles. The van der Waals surface area contributed by atoms with E-state index in [0.29, 0.717) is 6.79 Å². The minimum absolute atomic E-state index is 0. The maximum Gasteiger partial charge on any atom is 0.231 e. The molecule has 1 aromatic carbocycles. The molecule has 0 spiro atoms. The number of rotatable bonds is 11. The number of aliphatic imine (C=N–C) groups is 1. The van der Waals surface area contributed by atoms with Crippen molar-refractivity contribution in [1.82, 2.24) is 15.5 Å². The zero-order valence-corrected chi connectivity index (χ0v) is 20.2. The van der Waals surface area contributed by atoms with Gasteiger partial charge in [0.05, 0.1) is 6.54 Å². The van der Waals surface area contributed by atoms with E-state index in [2.05, 4.69) is 41.6 Å². The van der Waals surface area contributed by atoms with Gasteiger partial charge in [-0.1, -0.05) is 6.07 Å². The topological polar surface area (TPSA) is 67.4 Å². The van der Waals surface area contributed by atoms with Crippen LogP contribution in [0.5, 0.6) is 11.5 Å². The Kier molecular flexibility index (Phi) is 9.78. The Balaban J connectivity index is 0.00000300. The molecule has 1 aliphatic carbocycles. The molecule has 1 saturated carbocycles. The monoisotopic (exact) mass is 518 g/mol. The maximum absolute atomic E-state index is 5.54. The van der Waals surface area contributed by atoms with Crippen molar-refractivity contribution in [3.8, 4) is 11.5 Å². The van der Waals surface area contributed by atoms with Crippen molar-refractivity contribution in [2.75, 3.05) is 60.3 Å². The fourth-order valence-electron chi connectivity index (χ4n) is 3.44. The van der Waals surface area contributed by atoms with E-state index in [1.807, 2.05) is 6.07 Å². The van der Waals surface area contributed by atoms with E-state index >= 15 is 0 Å². The molecule has 0 radical (unpaired) electrons. The van der Waals surface area contributed by atoms with Gasteiger partial charge in [-0.2, -0.15) is 0 Å². The Morgan fingerprint density at radius 1 is 1.21 bits per heavy atom. The van der Waals surface area contributed by atoms with Crippen molar-refractivity contribution >= 4 is 29.9 Å². The second-order valence-electron chi connectivity index (χ2n) is 7.62. The van der Waals surface area contributed by atoms with E-state index in [-0.39, 0.29) is 29.4 Å². The van der Waals surface area contributed by atoms with E-state index in [1.165, 1.54) is 5.56 Å². The van der Waals surface area contributed by atoms with Crippen molar-refractivity contribution < 1.29 is 14.2 Å². The number of nitrogens with one attached hydrogen (secondary N) is 2. The first-order valence-corrected chi connectivity index (χ1v) is 10.3. The van der Waals surface area contributed by atoms with Gasteiger partial charge in [0.25, 0.3) is 0 Å². The van der Waals surface area contributed by atoms with Crippen LogP contribution >= 0.6 is 24.0 Å². The second-order valence-corrected chi connectivity index (χ2v) is 7.62. The average molecular weight is 518 g/mol. The molecular weight excluding hydrogens is 483 g/mol. The van der Waals surface area contributed by atoms with Gasteiger partial charge in [0.1, 0.15) is 0 Å². The Bertz CT molecular complexity index is 667. The van der Waals surface area contributed by atoms with Gasteiger partial charge in [0, 0.05) is 45.3 Å². The van der Waals surface area contributed by atoms with Crippen molar-refractivity contribution in [3.05, 3.63) is 23.8 Å². The van der Waals surface area contributed by atoms with Crippen LogP contribution in [0.4, 0.5) is 0 Å². The van der Waals surface area contributed by atoms with Crippen LogP contribution in [0.25, 0.3) is 0 Å². The number of guanidine groups is 1. The molecule has 0 bridgehead atoms. The fourth-order valence-corrected chi connectivity index (χ4v) is 3.44. The van der Waals surface area contributed by atoms with Gasteiger partial charge in [0.2, 0.25) is 6.79 Å². The summed E-state index contributed by atoms with van der Waals surface area (Å²) in [7, 11) is 3.89. The van der Waals surface area contributed by atoms with Gasteiger partial charge in [-0.25, -0.2) is 0 Å². The van der Waals surface area contributed by atoms with Gasteiger partial charge < -0.3 is 29.7 Å². The van der Waals surface area contributed by atoms with E-state index < -0.39 is 0 Å². The molecule has 29 heavy (non-hydrogen) atoms. The third-order valence-corrected chi connectivity index (χ3v) is 5.40. The second kappa shape index (κ2) is 11.8. The summed E-state index contributed by atoms with van der Waals surface area (Å²) in [5.41, 5.74) is 1.44. The highest BCUT2D eigenvalue weighted by atomic mass is 127. The molecule has 1 heterocycles. The molecule has 1 fully saturated rings. The first-order valence-electron chi connectivity index (χ1n) is 10.3. The summed E-state index contributed by atoms with van der Waals surface area (Å²) in [5.74, 6) is 2.58. The molecule has 1 aromatic rings. The first kappa shape index (κ1) is 24.0. The van der Waals surface area contributed by atoms with Crippen molar-refractivity contribution in [1.29, 1.82) is 0 Å². The van der Waals surface area contributed by atoms with Gasteiger partial charge in [-0.3, -0.25) is 4.99 Å². The quantitative estimate of drug-likeness (QED) is 0.203. The molecular formula is C21H35IN4O3. The minimum atomic E-state index is 0. The highest BCUT2D eigenvalue weighted by Gasteiger charge is 2.44. The zero-order chi connectivity index (χ0) is 19.8. The molecule has 164 valence electrons. The van der Waals surface area contributed by atoms with Crippen LogP contribution in [0.1, 0.15) is 31.7 Å². The average Bonchev–Trinajstić information content (AvgIpc) is 3.34. The van der Waals surface area contributed by atoms with Gasteiger partial charge >= 0.3 is 0 Å². The van der Waals surface area contributed by atoms with E-state index in [1.54, 1.807) is 7.11 Å². The van der Waals surface area contributed by atoms with Gasteiger partial charge in [0.15, 0.2) is 17.5 Å². The van der Waals surface area contributed by atoms with Crippen molar-refractivity contribution in [3.63, 3.8) is 0 Å². The largest absolute Gasteiger partial charge is 0.454 e. The molecule has 2 N–H and O–H groups in total. The zero-order valence-electron chi connectivity index (χ0n) is 17.8. The lowest BCUT2D eigenvalue weighted by molar-refractivity contribution is 0.174. The number of halogens is 1. The third-order valence-electron chi connectivity index (χ3n) is 5.40. The molecule has 7 nitrogen and oxygen atoms in total. The summed E-state index contributed by atoms with van der Waals surface area (Å²) in [4.78, 5) is 7.18. The highest BCUT2D eigenvalue weighted by molar-refractivity contribution is 14.0. The number of benzene rings is 1. The van der Waals surface area contributed by atoms with Crippen LogP contribution in [0.2, 0.25) is 0 Å². The van der Waals surface area contributed by atoms with Crippen LogP contribution < -0.4 is 20.1 Å². The molecule has 0 aromatic heterocycles. The van der Waals surface area contributed by atoms with Crippen LogP contribution in [0.3, 0.4) is 0 Å². The third kappa shape index (κ3) is 6.89. The van der Waals surface area contributed by atoms with Crippen LogP contribution in [-0.2, 0) is 10.2 Å². The smallest absolute Gasteiger partial charge is 0.231 e. The maximum atomic E-state index is 5.54. The lowest BCUT2D eigenvalue weighted by atomic mass is 9.96. The lowest BCUT2D eigenvalue weighted by Gasteiger charge is -2.19. The Morgan fingerprint density at radius 3 is 2.72 bits per heavy atom. The standard InChI is InChI=1S/C21H34N4O3.HI/c1-4-22-20(23-10-12-25(2)11-5-13-26-3)24-15-21(8-9-21)17-6-7-18-19(14-17)28-16-27-18;/h6-7,14H,4-5,8-13,15-16H2,1-3H3,(H2,22,23,24);1H. The molecule has 0 atom stereocenters. The van der Waals surface area contributed by atoms with Crippen molar-refractivity contribution in [2.24, 2.45) is 4.99 Å². The predicted molar refractivity (Wildman–Crippen MR) is 127 cm³/mol. The number of methoxy groups -OCH3 is 1. The number of hydrogen-bond donors (Lipinski definition) is 2. The summed E-state index contributed by atoms with van der Waals surface area (Å²) < 4.78 is 16.1. The Hall–Kier alpha value is -1.26. The molecule has 0 saturated heterocycles. The molecule has 8 heteroatoms. The Morgan fingerprint density at radius 2 is 2.00 bits per heavy atom. The summed E-state index contributed by atoms with van der Waals surface area (Å²) in [6.45, 7) is 7.74.